The molecule has 0 saturated carbocycles. The molecule has 0 aromatic carbocycles. The van der Waals surface area contributed by atoms with Gasteiger partial charge in [0.1, 0.15) is 0 Å². The monoisotopic (exact) mass is 183 g/mol. The number of allylic oxidation sites excluding steroid dienone is 1. The zero-order valence-electron chi connectivity index (χ0n) is 10.0. The van der Waals surface area contributed by atoms with E-state index in [0.29, 0.717) is 12.0 Å². The van der Waals surface area contributed by atoms with Crippen LogP contribution in [0.15, 0.2) is 11.6 Å². The largest absolute Gasteiger partial charge is 0.311 e. The van der Waals surface area contributed by atoms with Crippen LogP contribution in [0, 0.1) is 11.8 Å². The second-order valence-electron chi connectivity index (χ2n) is 4.65. The van der Waals surface area contributed by atoms with Crippen LogP contribution < -0.4 is 5.32 Å². The number of hydrogen-bond acceptors (Lipinski definition) is 1. The third-order valence-electron chi connectivity index (χ3n) is 2.39. The molecule has 0 fully saturated rings. The van der Waals surface area contributed by atoms with E-state index >= 15 is 0 Å². The second-order valence-corrected chi connectivity index (χ2v) is 4.65. The summed E-state index contributed by atoms with van der Waals surface area (Å²) >= 11 is 0. The molecular weight excluding hydrogens is 158 g/mol. The van der Waals surface area contributed by atoms with Gasteiger partial charge in [-0.2, -0.15) is 0 Å². The first-order chi connectivity index (χ1) is 5.93. The molecule has 1 heteroatoms. The Hall–Kier alpha value is -0.300. The first kappa shape index (κ1) is 12.7. The summed E-state index contributed by atoms with van der Waals surface area (Å²) in [4.78, 5) is 0. The van der Waals surface area contributed by atoms with Crippen LogP contribution in [0.2, 0.25) is 0 Å². The van der Waals surface area contributed by atoms with Crippen molar-refractivity contribution in [1.29, 1.82) is 0 Å². The van der Waals surface area contributed by atoms with Gasteiger partial charge in [0.15, 0.2) is 0 Å². The topological polar surface area (TPSA) is 12.0 Å². The smallest absolute Gasteiger partial charge is 0.0164 e. The highest BCUT2D eigenvalue weighted by Crippen LogP contribution is 2.12. The number of hydrogen-bond donors (Lipinski definition) is 1. The van der Waals surface area contributed by atoms with Crippen molar-refractivity contribution in [3.8, 4) is 0 Å². The van der Waals surface area contributed by atoms with E-state index in [0.717, 1.165) is 12.5 Å². The molecule has 0 aliphatic rings. The summed E-state index contributed by atoms with van der Waals surface area (Å²) in [6, 6.07) is 0.581. The quantitative estimate of drug-likeness (QED) is 0.645. The van der Waals surface area contributed by atoms with Gasteiger partial charge < -0.3 is 5.32 Å². The normalized spacial score (nSPS) is 15.5. The van der Waals surface area contributed by atoms with Crippen molar-refractivity contribution in [2.45, 2.75) is 47.6 Å². The fraction of sp³-hybridized carbons (Fsp3) is 0.833. The predicted octanol–water partition coefficient (Wildman–Crippen LogP) is 3.22. The average Bonchev–Trinajstić information content (AvgIpc) is 2.00. The molecule has 1 atom stereocenters. The molecule has 0 aromatic heterocycles. The molecule has 0 radical (unpaired) electrons. The molecule has 1 unspecified atom stereocenters. The standard InChI is InChI=1S/C12H25N/c1-9(2)12(6)7-11(5)8-13-10(3)4/h7,9-10,12-13H,8H2,1-6H3/b11-7+. The minimum atomic E-state index is 0.581. The number of rotatable bonds is 5. The fourth-order valence-corrected chi connectivity index (χ4v) is 1.07. The van der Waals surface area contributed by atoms with E-state index in [1.165, 1.54) is 5.57 Å². The molecule has 0 amide bonds. The second kappa shape index (κ2) is 6.20. The van der Waals surface area contributed by atoms with Gasteiger partial charge in [-0.3, -0.25) is 0 Å². The summed E-state index contributed by atoms with van der Waals surface area (Å²) in [6.45, 7) is 14.4. The van der Waals surface area contributed by atoms with Gasteiger partial charge in [0.05, 0.1) is 0 Å². The Morgan fingerprint density at radius 3 is 2.08 bits per heavy atom. The lowest BCUT2D eigenvalue weighted by atomic mass is 9.96. The summed E-state index contributed by atoms with van der Waals surface area (Å²) in [5.41, 5.74) is 1.45. The van der Waals surface area contributed by atoms with Crippen molar-refractivity contribution in [2.75, 3.05) is 6.54 Å². The zero-order valence-corrected chi connectivity index (χ0v) is 10.0. The van der Waals surface area contributed by atoms with Crippen molar-refractivity contribution in [3.05, 3.63) is 11.6 Å². The van der Waals surface area contributed by atoms with Gasteiger partial charge >= 0.3 is 0 Å². The Labute approximate surface area is 83.6 Å². The van der Waals surface area contributed by atoms with Crippen LogP contribution in [0.3, 0.4) is 0 Å². The average molecular weight is 183 g/mol. The Bertz CT molecular complexity index is 157. The maximum absolute atomic E-state index is 3.42. The van der Waals surface area contributed by atoms with Crippen LogP contribution in [0.4, 0.5) is 0 Å². The SMILES string of the molecule is C/C(=C\C(C)C(C)C)CNC(C)C. The van der Waals surface area contributed by atoms with Gasteiger partial charge in [-0.05, 0) is 18.8 Å². The van der Waals surface area contributed by atoms with E-state index in [9.17, 15) is 0 Å². The van der Waals surface area contributed by atoms with Crippen LogP contribution in [-0.4, -0.2) is 12.6 Å². The minimum absolute atomic E-state index is 0.581. The lowest BCUT2D eigenvalue weighted by Gasteiger charge is -2.13. The number of nitrogens with one attached hydrogen (secondary N) is 1. The molecule has 0 heterocycles. The molecule has 0 spiro atoms. The van der Waals surface area contributed by atoms with Crippen LogP contribution in [0.1, 0.15) is 41.5 Å². The molecule has 0 saturated heterocycles. The Morgan fingerprint density at radius 1 is 1.15 bits per heavy atom. The lowest BCUT2D eigenvalue weighted by molar-refractivity contribution is 0.499. The van der Waals surface area contributed by atoms with Gasteiger partial charge in [0.25, 0.3) is 0 Å². The van der Waals surface area contributed by atoms with E-state index in [-0.39, 0.29) is 0 Å². The highest BCUT2D eigenvalue weighted by Gasteiger charge is 2.03. The first-order valence-corrected chi connectivity index (χ1v) is 5.34. The van der Waals surface area contributed by atoms with Gasteiger partial charge in [-0.25, -0.2) is 0 Å². The molecule has 0 bridgehead atoms. The van der Waals surface area contributed by atoms with E-state index in [1.807, 2.05) is 0 Å². The first-order valence-electron chi connectivity index (χ1n) is 5.34. The highest BCUT2D eigenvalue weighted by molar-refractivity contribution is 5.03. The van der Waals surface area contributed by atoms with Crippen LogP contribution in [-0.2, 0) is 0 Å². The lowest BCUT2D eigenvalue weighted by Crippen LogP contribution is -2.24. The van der Waals surface area contributed by atoms with E-state index < -0.39 is 0 Å². The van der Waals surface area contributed by atoms with Gasteiger partial charge in [-0.1, -0.05) is 46.3 Å². The summed E-state index contributed by atoms with van der Waals surface area (Å²) in [6.07, 6.45) is 2.38. The summed E-state index contributed by atoms with van der Waals surface area (Å²) < 4.78 is 0. The van der Waals surface area contributed by atoms with Crippen molar-refractivity contribution < 1.29 is 0 Å². The molecular formula is C12H25N. The van der Waals surface area contributed by atoms with Crippen molar-refractivity contribution in [3.63, 3.8) is 0 Å². The molecule has 0 rings (SSSR count). The summed E-state index contributed by atoms with van der Waals surface area (Å²) in [5, 5.41) is 3.42. The Kier molecular flexibility index (Phi) is 6.06. The summed E-state index contributed by atoms with van der Waals surface area (Å²) in [5.74, 6) is 1.43. The van der Waals surface area contributed by atoms with Crippen LogP contribution in [0.5, 0.6) is 0 Å². The molecule has 0 aliphatic carbocycles. The van der Waals surface area contributed by atoms with Crippen molar-refractivity contribution in [1.82, 2.24) is 5.32 Å². The molecule has 0 aliphatic heterocycles. The van der Waals surface area contributed by atoms with E-state index in [1.54, 1.807) is 0 Å². The van der Waals surface area contributed by atoms with E-state index in [4.69, 9.17) is 0 Å². The molecule has 13 heavy (non-hydrogen) atoms. The van der Waals surface area contributed by atoms with Crippen LogP contribution >= 0.6 is 0 Å². The zero-order chi connectivity index (χ0) is 10.4. The maximum Gasteiger partial charge on any atom is 0.0164 e. The van der Waals surface area contributed by atoms with Gasteiger partial charge in [-0.15, -0.1) is 0 Å². The van der Waals surface area contributed by atoms with Gasteiger partial charge in [0, 0.05) is 12.6 Å². The Morgan fingerprint density at radius 2 is 1.69 bits per heavy atom. The Balaban J connectivity index is 3.87. The molecule has 78 valence electrons. The fourth-order valence-electron chi connectivity index (χ4n) is 1.07. The van der Waals surface area contributed by atoms with Gasteiger partial charge in [0.2, 0.25) is 0 Å². The summed E-state index contributed by atoms with van der Waals surface area (Å²) in [7, 11) is 0. The minimum Gasteiger partial charge on any atom is -0.311 e. The molecule has 0 aromatic rings. The van der Waals surface area contributed by atoms with Crippen molar-refractivity contribution >= 4 is 0 Å². The third kappa shape index (κ3) is 6.83. The van der Waals surface area contributed by atoms with E-state index in [2.05, 4.69) is 52.9 Å². The third-order valence-corrected chi connectivity index (χ3v) is 2.39. The maximum atomic E-state index is 3.42. The molecule has 1 N–H and O–H groups in total. The molecule has 1 nitrogen and oxygen atoms in total. The predicted molar refractivity (Wildman–Crippen MR) is 60.9 cm³/mol. The van der Waals surface area contributed by atoms with Crippen molar-refractivity contribution in [2.24, 2.45) is 11.8 Å². The highest BCUT2D eigenvalue weighted by atomic mass is 14.9. The van der Waals surface area contributed by atoms with Crippen LogP contribution in [0.25, 0.3) is 0 Å².